The van der Waals surface area contributed by atoms with Gasteiger partial charge in [0, 0.05) is 12.7 Å². The molecule has 4 heteroatoms. The van der Waals surface area contributed by atoms with Crippen LogP contribution in [0.2, 0.25) is 0 Å². The van der Waals surface area contributed by atoms with Crippen molar-refractivity contribution < 1.29 is 4.79 Å². The molecule has 0 saturated carbocycles. The Morgan fingerprint density at radius 1 is 1.47 bits per heavy atom. The van der Waals surface area contributed by atoms with Crippen LogP contribution < -0.4 is 0 Å². The molecular formula is C13H19BrN2O. The molecule has 0 aliphatic carbocycles. The van der Waals surface area contributed by atoms with Crippen molar-refractivity contribution in [1.82, 2.24) is 9.88 Å². The Bertz CT molecular complexity index is 393. The smallest absolute Gasteiger partial charge is 0.236 e. The van der Waals surface area contributed by atoms with Gasteiger partial charge in [0.25, 0.3) is 0 Å². The minimum absolute atomic E-state index is 0.100. The molecule has 3 nitrogen and oxygen atoms in total. The van der Waals surface area contributed by atoms with Gasteiger partial charge in [-0.25, -0.2) is 0 Å². The van der Waals surface area contributed by atoms with Crippen molar-refractivity contribution in [3.8, 4) is 0 Å². The van der Waals surface area contributed by atoms with E-state index in [2.05, 4.69) is 20.9 Å². The second-order valence-corrected chi connectivity index (χ2v) is 5.60. The molecule has 1 amide bonds. The van der Waals surface area contributed by atoms with Gasteiger partial charge in [-0.1, -0.05) is 35.8 Å². The van der Waals surface area contributed by atoms with E-state index in [1.807, 2.05) is 46.0 Å². The third-order valence-electron chi connectivity index (χ3n) is 2.54. The van der Waals surface area contributed by atoms with Crippen LogP contribution in [-0.2, 0) is 11.3 Å². The van der Waals surface area contributed by atoms with E-state index in [1.165, 1.54) is 0 Å². The van der Waals surface area contributed by atoms with Crippen LogP contribution in [0.15, 0.2) is 18.2 Å². The zero-order valence-electron chi connectivity index (χ0n) is 10.8. The minimum Gasteiger partial charge on any atom is -0.339 e. The summed E-state index contributed by atoms with van der Waals surface area (Å²) in [5.41, 5.74) is 1.90. The van der Waals surface area contributed by atoms with Crippen molar-refractivity contribution in [3.05, 3.63) is 29.6 Å². The number of hydrogen-bond donors (Lipinski definition) is 0. The lowest BCUT2D eigenvalue weighted by atomic mass is 10.1. The zero-order chi connectivity index (χ0) is 13.0. The Balaban J connectivity index is 2.66. The lowest BCUT2D eigenvalue weighted by Crippen LogP contribution is -2.35. The van der Waals surface area contributed by atoms with Gasteiger partial charge < -0.3 is 4.90 Å². The van der Waals surface area contributed by atoms with Crippen molar-refractivity contribution in [3.63, 3.8) is 0 Å². The number of amides is 1. The van der Waals surface area contributed by atoms with Crippen molar-refractivity contribution in [2.45, 2.75) is 32.1 Å². The maximum atomic E-state index is 12.0. The third-order valence-corrected chi connectivity index (χ3v) is 3.99. The first-order chi connectivity index (χ1) is 7.91. The number of carbonyl (C=O) groups is 1. The summed E-state index contributed by atoms with van der Waals surface area (Å²) in [6.07, 6.45) is 0. The molecule has 0 N–H and O–H groups in total. The van der Waals surface area contributed by atoms with Gasteiger partial charge in [0.05, 0.1) is 17.1 Å². The van der Waals surface area contributed by atoms with Gasteiger partial charge in [0.15, 0.2) is 0 Å². The summed E-state index contributed by atoms with van der Waals surface area (Å²) in [5.74, 6) is 0.388. The van der Waals surface area contributed by atoms with E-state index in [-0.39, 0.29) is 16.7 Å². The second-order valence-electron chi connectivity index (χ2n) is 4.61. The highest BCUT2D eigenvalue weighted by atomic mass is 79.9. The van der Waals surface area contributed by atoms with Gasteiger partial charge in [-0.15, -0.1) is 0 Å². The van der Waals surface area contributed by atoms with Crippen LogP contribution in [0.4, 0.5) is 0 Å². The largest absolute Gasteiger partial charge is 0.339 e. The lowest BCUT2D eigenvalue weighted by Gasteiger charge is -2.22. The molecule has 0 fully saturated rings. The summed E-state index contributed by atoms with van der Waals surface area (Å²) < 4.78 is 0. The molecule has 0 aromatic carbocycles. The topological polar surface area (TPSA) is 33.2 Å². The maximum Gasteiger partial charge on any atom is 0.236 e. The summed E-state index contributed by atoms with van der Waals surface area (Å²) in [4.78, 5) is 18.0. The van der Waals surface area contributed by atoms with Gasteiger partial charge in [0.1, 0.15) is 0 Å². The Morgan fingerprint density at radius 2 is 2.12 bits per heavy atom. The van der Waals surface area contributed by atoms with E-state index in [0.717, 1.165) is 11.4 Å². The quantitative estimate of drug-likeness (QED) is 0.801. The average Bonchev–Trinajstić information content (AvgIpc) is 2.26. The molecule has 1 rings (SSSR count). The van der Waals surface area contributed by atoms with E-state index in [0.29, 0.717) is 6.54 Å². The molecule has 0 aliphatic heterocycles. The number of nitrogens with zero attached hydrogens (tertiary/aromatic N) is 2. The standard InChI is InChI=1S/C13H19BrN2O/c1-9(2)12(14)13(17)16(4)8-11-7-5-6-10(3)15-11/h5-7,9,12H,8H2,1-4H3. The Kier molecular flexibility index (Phi) is 5.12. The summed E-state index contributed by atoms with van der Waals surface area (Å²) >= 11 is 3.42. The van der Waals surface area contributed by atoms with E-state index in [1.54, 1.807) is 4.90 Å². The van der Waals surface area contributed by atoms with Crippen LogP contribution in [0.5, 0.6) is 0 Å². The number of halogens is 1. The number of aryl methyl sites for hydroxylation is 1. The van der Waals surface area contributed by atoms with Crippen LogP contribution in [0.3, 0.4) is 0 Å². The lowest BCUT2D eigenvalue weighted by molar-refractivity contribution is -0.130. The molecule has 1 unspecified atom stereocenters. The fourth-order valence-corrected chi connectivity index (χ4v) is 1.85. The number of pyridine rings is 1. The first kappa shape index (κ1) is 14.2. The highest BCUT2D eigenvalue weighted by molar-refractivity contribution is 9.10. The van der Waals surface area contributed by atoms with E-state index in [4.69, 9.17) is 0 Å². The average molecular weight is 299 g/mol. The molecule has 1 aromatic rings. The highest BCUT2D eigenvalue weighted by Gasteiger charge is 2.22. The number of carbonyl (C=O) groups excluding carboxylic acids is 1. The predicted octanol–water partition coefficient (Wildman–Crippen LogP) is 2.77. The van der Waals surface area contributed by atoms with E-state index < -0.39 is 0 Å². The summed E-state index contributed by atoms with van der Waals surface area (Å²) in [5, 5.41) is 0. The molecular weight excluding hydrogens is 280 g/mol. The monoisotopic (exact) mass is 298 g/mol. The molecule has 0 saturated heterocycles. The molecule has 1 heterocycles. The first-order valence-electron chi connectivity index (χ1n) is 5.73. The van der Waals surface area contributed by atoms with Crippen LogP contribution in [0.25, 0.3) is 0 Å². The highest BCUT2D eigenvalue weighted by Crippen LogP contribution is 2.15. The Morgan fingerprint density at radius 3 is 2.65 bits per heavy atom. The van der Waals surface area contributed by atoms with Crippen molar-refractivity contribution in [2.75, 3.05) is 7.05 Å². The van der Waals surface area contributed by atoms with Gasteiger partial charge in [-0.3, -0.25) is 9.78 Å². The molecule has 0 bridgehead atoms. The minimum atomic E-state index is -0.127. The van der Waals surface area contributed by atoms with Crippen molar-refractivity contribution in [1.29, 1.82) is 0 Å². The van der Waals surface area contributed by atoms with Crippen LogP contribution in [0, 0.1) is 12.8 Å². The van der Waals surface area contributed by atoms with Crippen LogP contribution in [0.1, 0.15) is 25.2 Å². The molecule has 1 aromatic heterocycles. The van der Waals surface area contributed by atoms with Crippen LogP contribution in [-0.4, -0.2) is 27.7 Å². The molecule has 94 valence electrons. The molecule has 0 radical (unpaired) electrons. The second kappa shape index (κ2) is 6.15. The van der Waals surface area contributed by atoms with E-state index in [9.17, 15) is 4.79 Å². The molecule has 0 spiro atoms. The zero-order valence-corrected chi connectivity index (χ0v) is 12.4. The Hall–Kier alpha value is -0.900. The molecule has 0 aliphatic rings. The summed E-state index contributed by atoms with van der Waals surface area (Å²) in [6, 6.07) is 5.85. The predicted molar refractivity (Wildman–Crippen MR) is 73.0 cm³/mol. The number of hydrogen-bond acceptors (Lipinski definition) is 2. The fourth-order valence-electron chi connectivity index (χ4n) is 1.50. The number of alkyl halides is 1. The SMILES string of the molecule is Cc1cccc(CN(C)C(=O)C(Br)C(C)C)n1. The van der Waals surface area contributed by atoms with Gasteiger partial charge in [-0.05, 0) is 25.0 Å². The first-order valence-corrected chi connectivity index (χ1v) is 6.65. The fraction of sp³-hybridized carbons (Fsp3) is 0.538. The van der Waals surface area contributed by atoms with E-state index >= 15 is 0 Å². The van der Waals surface area contributed by atoms with Crippen molar-refractivity contribution in [2.24, 2.45) is 5.92 Å². The van der Waals surface area contributed by atoms with Crippen molar-refractivity contribution >= 4 is 21.8 Å². The summed E-state index contributed by atoms with van der Waals surface area (Å²) in [7, 11) is 1.81. The molecule has 1 atom stereocenters. The molecule has 17 heavy (non-hydrogen) atoms. The normalized spacial score (nSPS) is 12.6. The van der Waals surface area contributed by atoms with Gasteiger partial charge in [0.2, 0.25) is 5.91 Å². The Labute approximate surface area is 111 Å². The van der Waals surface area contributed by atoms with Gasteiger partial charge in [-0.2, -0.15) is 0 Å². The van der Waals surface area contributed by atoms with Crippen LogP contribution >= 0.6 is 15.9 Å². The number of rotatable bonds is 4. The maximum absolute atomic E-state index is 12.0. The third kappa shape index (κ3) is 4.11. The summed E-state index contributed by atoms with van der Waals surface area (Å²) in [6.45, 7) is 6.55. The number of aromatic nitrogens is 1. The van der Waals surface area contributed by atoms with Gasteiger partial charge >= 0.3 is 0 Å².